The van der Waals surface area contributed by atoms with E-state index in [0.29, 0.717) is 6.04 Å². The Balaban J connectivity index is 1.65. The minimum atomic E-state index is 0.488. The third-order valence-electron chi connectivity index (χ3n) is 3.49. The van der Waals surface area contributed by atoms with Gasteiger partial charge >= 0.3 is 0 Å². The molecule has 1 aromatic rings. The normalized spacial score (nSPS) is 20.4. The van der Waals surface area contributed by atoms with Gasteiger partial charge in [0.25, 0.3) is 0 Å². The van der Waals surface area contributed by atoms with Crippen LogP contribution in [0.2, 0.25) is 0 Å². The second-order valence-electron chi connectivity index (χ2n) is 4.99. The van der Waals surface area contributed by atoms with Crippen molar-refractivity contribution in [1.82, 2.24) is 10.6 Å². The van der Waals surface area contributed by atoms with Crippen LogP contribution in [0, 0.1) is 11.8 Å². The van der Waals surface area contributed by atoms with Gasteiger partial charge in [-0.1, -0.05) is 6.92 Å². The number of hydrogen-bond donors (Lipinski definition) is 2. The van der Waals surface area contributed by atoms with E-state index in [1.54, 1.807) is 6.26 Å². The molecule has 0 aliphatic carbocycles. The predicted molar refractivity (Wildman–Crippen MR) is 65.4 cm³/mol. The fourth-order valence-electron chi connectivity index (χ4n) is 2.07. The van der Waals surface area contributed by atoms with Crippen molar-refractivity contribution in [1.29, 1.82) is 0 Å². The maximum Gasteiger partial charge on any atom is 0.105 e. The van der Waals surface area contributed by atoms with Crippen LogP contribution in [-0.2, 0) is 6.42 Å². The number of nitrogens with one attached hydrogen (secondary N) is 2. The van der Waals surface area contributed by atoms with Crippen molar-refractivity contribution in [2.24, 2.45) is 11.8 Å². The van der Waals surface area contributed by atoms with Crippen LogP contribution in [-0.4, -0.2) is 25.7 Å². The first kappa shape index (κ1) is 11.7. The Morgan fingerprint density at radius 1 is 1.50 bits per heavy atom. The lowest BCUT2D eigenvalue weighted by Gasteiger charge is -2.33. The lowest BCUT2D eigenvalue weighted by atomic mass is 9.89. The maximum absolute atomic E-state index is 5.34. The van der Waals surface area contributed by atoms with Gasteiger partial charge in [0, 0.05) is 12.5 Å². The summed E-state index contributed by atoms with van der Waals surface area (Å²) in [5, 5.41) is 6.91. The molecule has 2 heterocycles. The molecule has 1 aliphatic rings. The van der Waals surface area contributed by atoms with Crippen LogP contribution in [0.1, 0.15) is 19.6 Å². The number of rotatable bonds is 6. The molecule has 3 heteroatoms. The first-order valence-electron chi connectivity index (χ1n) is 6.22. The van der Waals surface area contributed by atoms with E-state index in [4.69, 9.17) is 4.42 Å². The molecule has 1 fully saturated rings. The quantitative estimate of drug-likeness (QED) is 0.768. The monoisotopic (exact) mass is 222 g/mol. The van der Waals surface area contributed by atoms with Crippen molar-refractivity contribution in [3.05, 3.63) is 24.2 Å². The zero-order valence-corrected chi connectivity index (χ0v) is 10.2. The Kier molecular flexibility index (Phi) is 4.02. The standard InChI is InChI=1S/C13H22N2O/c1-10(12-8-14-9-12)7-15-11(2)6-13-4-3-5-16-13/h3-5,10-12,14-15H,6-9H2,1-2H3. The van der Waals surface area contributed by atoms with E-state index in [0.717, 1.165) is 30.6 Å². The van der Waals surface area contributed by atoms with Gasteiger partial charge in [-0.25, -0.2) is 0 Å². The van der Waals surface area contributed by atoms with Crippen LogP contribution in [0.4, 0.5) is 0 Å². The largest absolute Gasteiger partial charge is 0.469 e. The van der Waals surface area contributed by atoms with E-state index in [-0.39, 0.29) is 0 Å². The molecule has 2 unspecified atom stereocenters. The van der Waals surface area contributed by atoms with E-state index in [1.165, 1.54) is 13.1 Å². The molecular weight excluding hydrogens is 200 g/mol. The highest BCUT2D eigenvalue weighted by atomic mass is 16.3. The van der Waals surface area contributed by atoms with Gasteiger partial charge in [0.2, 0.25) is 0 Å². The smallest absolute Gasteiger partial charge is 0.105 e. The fraction of sp³-hybridized carbons (Fsp3) is 0.692. The summed E-state index contributed by atoms with van der Waals surface area (Å²) in [4.78, 5) is 0. The predicted octanol–water partition coefficient (Wildman–Crippen LogP) is 1.66. The summed E-state index contributed by atoms with van der Waals surface area (Å²) in [7, 11) is 0. The maximum atomic E-state index is 5.34. The first-order chi connectivity index (χ1) is 7.75. The van der Waals surface area contributed by atoms with Crippen LogP contribution >= 0.6 is 0 Å². The summed E-state index contributed by atoms with van der Waals surface area (Å²) >= 11 is 0. The van der Waals surface area contributed by atoms with Crippen molar-refractivity contribution in [2.75, 3.05) is 19.6 Å². The molecule has 2 rings (SSSR count). The first-order valence-corrected chi connectivity index (χ1v) is 6.22. The molecule has 0 bridgehead atoms. The van der Waals surface area contributed by atoms with Crippen LogP contribution in [0.25, 0.3) is 0 Å². The van der Waals surface area contributed by atoms with Crippen LogP contribution in [0.5, 0.6) is 0 Å². The molecule has 0 radical (unpaired) electrons. The molecule has 3 nitrogen and oxygen atoms in total. The zero-order chi connectivity index (χ0) is 11.4. The minimum Gasteiger partial charge on any atom is -0.469 e. The third-order valence-corrected chi connectivity index (χ3v) is 3.49. The van der Waals surface area contributed by atoms with E-state index in [9.17, 15) is 0 Å². The Hall–Kier alpha value is -0.800. The zero-order valence-electron chi connectivity index (χ0n) is 10.2. The van der Waals surface area contributed by atoms with Crippen LogP contribution in [0.3, 0.4) is 0 Å². The molecule has 0 aromatic carbocycles. The molecule has 0 spiro atoms. The van der Waals surface area contributed by atoms with Gasteiger partial charge in [0.1, 0.15) is 5.76 Å². The van der Waals surface area contributed by atoms with Gasteiger partial charge in [-0.3, -0.25) is 0 Å². The summed E-state index contributed by atoms with van der Waals surface area (Å²) in [6.07, 6.45) is 2.72. The van der Waals surface area contributed by atoms with Crippen molar-refractivity contribution < 1.29 is 4.42 Å². The average Bonchev–Trinajstić information content (AvgIpc) is 2.64. The third kappa shape index (κ3) is 3.09. The average molecular weight is 222 g/mol. The number of hydrogen-bond acceptors (Lipinski definition) is 3. The second-order valence-corrected chi connectivity index (χ2v) is 4.99. The summed E-state index contributed by atoms with van der Waals surface area (Å²) in [5.74, 6) is 2.70. The van der Waals surface area contributed by atoms with Gasteiger partial charge in [0.15, 0.2) is 0 Å². The Morgan fingerprint density at radius 2 is 2.31 bits per heavy atom. The van der Waals surface area contributed by atoms with Gasteiger partial charge in [-0.2, -0.15) is 0 Å². The van der Waals surface area contributed by atoms with Gasteiger partial charge in [-0.05, 0) is 50.5 Å². The van der Waals surface area contributed by atoms with Crippen molar-refractivity contribution >= 4 is 0 Å². The summed E-state index contributed by atoms with van der Waals surface area (Å²) in [5.41, 5.74) is 0. The van der Waals surface area contributed by atoms with E-state index >= 15 is 0 Å². The number of furan rings is 1. The second kappa shape index (κ2) is 5.51. The van der Waals surface area contributed by atoms with Crippen LogP contribution < -0.4 is 10.6 Å². The topological polar surface area (TPSA) is 37.2 Å². The van der Waals surface area contributed by atoms with Gasteiger partial charge in [-0.15, -0.1) is 0 Å². The summed E-state index contributed by atoms with van der Waals surface area (Å²) in [6.45, 7) is 8.03. The summed E-state index contributed by atoms with van der Waals surface area (Å²) in [6, 6.07) is 4.48. The molecule has 0 saturated carbocycles. The molecule has 2 atom stereocenters. The molecule has 0 amide bonds. The van der Waals surface area contributed by atoms with E-state index in [1.807, 2.05) is 12.1 Å². The highest BCUT2D eigenvalue weighted by molar-refractivity contribution is 5.00. The molecule has 1 aliphatic heterocycles. The van der Waals surface area contributed by atoms with E-state index < -0.39 is 0 Å². The molecule has 2 N–H and O–H groups in total. The minimum absolute atomic E-state index is 0.488. The lowest BCUT2D eigenvalue weighted by Crippen LogP contribution is -2.48. The Bertz CT molecular complexity index is 293. The molecule has 16 heavy (non-hydrogen) atoms. The molecule has 1 saturated heterocycles. The summed E-state index contributed by atoms with van der Waals surface area (Å²) < 4.78 is 5.34. The molecular formula is C13H22N2O. The van der Waals surface area contributed by atoms with Crippen molar-refractivity contribution in [3.8, 4) is 0 Å². The molecule has 90 valence electrons. The van der Waals surface area contributed by atoms with Crippen molar-refractivity contribution in [3.63, 3.8) is 0 Å². The highest BCUT2D eigenvalue weighted by Gasteiger charge is 2.23. The van der Waals surface area contributed by atoms with Gasteiger partial charge in [0.05, 0.1) is 6.26 Å². The lowest BCUT2D eigenvalue weighted by molar-refractivity contribution is 0.237. The SMILES string of the molecule is CC(Cc1ccco1)NCC(C)C1CNC1. The fourth-order valence-corrected chi connectivity index (χ4v) is 2.07. The Labute approximate surface area is 97.6 Å². The van der Waals surface area contributed by atoms with Crippen LogP contribution in [0.15, 0.2) is 22.8 Å². The van der Waals surface area contributed by atoms with Crippen molar-refractivity contribution in [2.45, 2.75) is 26.3 Å². The van der Waals surface area contributed by atoms with E-state index in [2.05, 4.69) is 24.5 Å². The Morgan fingerprint density at radius 3 is 2.88 bits per heavy atom. The molecule has 1 aromatic heterocycles. The highest BCUT2D eigenvalue weighted by Crippen LogP contribution is 2.15. The van der Waals surface area contributed by atoms with Gasteiger partial charge < -0.3 is 15.1 Å².